The van der Waals surface area contributed by atoms with Crippen LogP contribution in [0.5, 0.6) is 0 Å². The number of carbonyl (C=O) groups excluding carboxylic acids is 1. The molecule has 5 fully saturated rings. The molecule has 4 saturated carbocycles. The molecule has 0 aromatic heterocycles. The molecular formula is C24H38O3. The molecule has 27 heavy (non-hydrogen) atoms. The number of ether oxygens (including phenoxy) is 2. The van der Waals surface area contributed by atoms with Crippen molar-refractivity contribution in [1.29, 1.82) is 0 Å². The molecule has 0 N–H and O–H groups in total. The second-order valence-electron chi connectivity index (χ2n) is 10.9. The van der Waals surface area contributed by atoms with E-state index in [1.165, 1.54) is 51.4 Å². The predicted octanol–water partition coefficient (Wildman–Crippen LogP) is 5.51. The molecule has 4 aliphatic carbocycles. The maximum atomic E-state index is 12.1. The molecule has 0 radical (unpaired) electrons. The molecule has 0 aromatic carbocycles. The molecule has 5 aliphatic rings. The van der Waals surface area contributed by atoms with Gasteiger partial charge < -0.3 is 9.47 Å². The summed E-state index contributed by atoms with van der Waals surface area (Å²) in [6, 6.07) is 0. The highest BCUT2D eigenvalue weighted by Gasteiger charge is 2.60. The Morgan fingerprint density at radius 1 is 0.926 bits per heavy atom. The minimum absolute atomic E-state index is 0.0506. The Morgan fingerprint density at radius 3 is 2.59 bits per heavy atom. The minimum atomic E-state index is 0.0506. The molecule has 0 aromatic rings. The van der Waals surface area contributed by atoms with Gasteiger partial charge in [0.2, 0.25) is 0 Å². The first-order valence-electron chi connectivity index (χ1n) is 11.8. The van der Waals surface area contributed by atoms with Crippen LogP contribution in [0.1, 0.15) is 90.9 Å². The number of rotatable bonds is 2. The van der Waals surface area contributed by atoms with E-state index in [1.54, 1.807) is 0 Å². The summed E-state index contributed by atoms with van der Waals surface area (Å²) in [6.45, 7) is 5.95. The van der Waals surface area contributed by atoms with Crippen molar-refractivity contribution in [3.63, 3.8) is 0 Å². The molecule has 1 saturated heterocycles. The number of hydrogen-bond donors (Lipinski definition) is 0. The van der Waals surface area contributed by atoms with Crippen molar-refractivity contribution in [2.24, 2.45) is 34.5 Å². The first-order valence-corrected chi connectivity index (χ1v) is 11.8. The fourth-order valence-electron chi connectivity index (χ4n) is 8.22. The minimum Gasteiger partial charge on any atom is -0.353 e. The highest BCUT2D eigenvalue weighted by molar-refractivity contribution is 5.79. The van der Waals surface area contributed by atoms with E-state index >= 15 is 0 Å². The maximum Gasteiger partial charge on any atom is 0.157 e. The topological polar surface area (TPSA) is 35.5 Å². The molecule has 0 spiro atoms. The summed E-state index contributed by atoms with van der Waals surface area (Å²) < 4.78 is 12.5. The highest BCUT2D eigenvalue weighted by Crippen LogP contribution is 2.66. The van der Waals surface area contributed by atoms with E-state index in [-0.39, 0.29) is 6.29 Å². The SMILES string of the molecule is C[C@@]12CC[C@H]3[C@@H](CC[C@@H]4CC(=O)CC[C@]43C)[C@H]1CC[C@@H]2O[C@@H]1CCCCO1. The van der Waals surface area contributed by atoms with E-state index in [9.17, 15) is 4.79 Å². The van der Waals surface area contributed by atoms with E-state index in [0.717, 1.165) is 50.0 Å². The number of Topliss-reactive ketones (excluding diaryl/α,β-unsaturated/α-hetero) is 1. The summed E-state index contributed by atoms with van der Waals surface area (Å²) in [6.07, 6.45) is 14.7. The quantitative estimate of drug-likeness (QED) is 0.639. The van der Waals surface area contributed by atoms with E-state index in [1.807, 2.05) is 0 Å². The third-order valence-electron chi connectivity index (χ3n) is 9.85. The van der Waals surface area contributed by atoms with Crippen LogP contribution in [0.3, 0.4) is 0 Å². The molecule has 152 valence electrons. The van der Waals surface area contributed by atoms with Crippen LogP contribution in [0.2, 0.25) is 0 Å². The van der Waals surface area contributed by atoms with Gasteiger partial charge in [0, 0.05) is 19.4 Å². The fourth-order valence-corrected chi connectivity index (χ4v) is 8.22. The number of fused-ring (bicyclic) bond motifs is 5. The Morgan fingerprint density at radius 2 is 1.78 bits per heavy atom. The second-order valence-corrected chi connectivity index (χ2v) is 10.9. The van der Waals surface area contributed by atoms with Crippen LogP contribution < -0.4 is 0 Å². The van der Waals surface area contributed by atoms with Gasteiger partial charge in [-0.3, -0.25) is 4.79 Å². The van der Waals surface area contributed by atoms with Crippen LogP contribution in [-0.4, -0.2) is 24.8 Å². The Kier molecular flexibility index (Phi) is 4.71. The Balaban J connectivity index is 1.33. The number of ketones is 1. The average molecular weight is 375 g/mol. The van der Waals surface area contributed by atoms with Crippen molar-refractivity contribution in [3.05, 3.63) is 0 Å². The zero-order chi connectivity index (χ0) is 18.6. The van der Waals surface area contributed by atoms with Crippen molar-refractivity contribution in [3.8, 4) is 0 Å². The van der Waals surface area contributed by atoms with E-state index in [2.05, 4.69) is 13.8 Å². The van der Waals surface area contributed by atoms with Crippen LogP contribution in [0.4, 0.5) is 0 Å². The summed E-state index contributed by atoms with van der Waals surface area (Å²) in [7, 11) is 0. The lowest BCUT2D eigenvalue weighted by molar-refractivity contribution is -0.218. The smallest absolute Gasteiger partial charge is 0.157 e. The molecule has 1 aliphatic heterocycles. The summed E-state index contributed by atoms with van der Waals surface area (Å²) >= 11 is 0. The maximum absolute atomic E-state index is 12.1. The Hall–Kier alpha value is -0.410. The fraction of sp³-hybridized carbons (Fsp3) is 0.958. The summed E-state index contributed by atoms with van der Waals surface area (Å²) in [4.78, 5) is 12.1. The monoisotopic (exact) mass is 374 g/mol. The molecule has 0 unspecified atom stereocenters. The standard InChI is InChI=1S/C24H38O3/c1-23-12-10-17(25)15-16(23)6-7-18-19-8-9-21(24(19,2)13-11-20(18)23)27-22-5-3-4-14-26-22/h16,18-22H,3-15H2,1-2H3/t16-,18+,19-,20+,21+,22-,23-,24-/m1/s1. The lowest BCUT2D eigenvalue weighted by atomic mass is 9.45. The van der Waals surface area contributed by atoms with Gasteiger partial charge in [-0.25, -0.2) is 0 Å². The summed E-state index contributed by atoms with van der Waals surface area (Å²) in [5.41, 5.74) is 0.763. The van der Waals surface area contributed by atoms with Gasteiger partial charge in [-0.05, 0) is 98.7 Å². The zero-order valence-corrected chi connectivity index (χ0v) is 17.4. The third kappa shape index (κ3) is 2.94. The van der Waals surface area contributed by atoms with Crippen LogP contribution in [0.15, 0.2) is 0 Å². The normalized spacial score (nSPS) is 52.7. The molecule has 1 heterocycles. The second kappa shape index (κ2) is 6.83. The van der Waals surface area contributed by atoms with Gasteiger partial charge in [-0.2, -0.15) is 0 Å². The molecule has 3 nitrogen and oxygen atoms in total. The van der Waals surface area contributed by atoms with E-state index < -0.39 is 0 Å². The van der Waals surface area contributed by atoms with Crippen molar-refractivity contribution < 1.29 is 14.3 Å². The largest absolute Gasteiger partial charge is 0.353 e. The highest BCUT2D eigenvalue weighted by atomic mass is 16.7. The van der Waals surface area contributed by atoms with Crippen LogP contribution in [0.25, 0.3) is 0 Å². The van der Waals surface area contributed by atoms with Gasteiger partial charge in [-0.1, -0.05) is 13.8 Å². The molecule has 3 heteroatoms. The first kappa shape index (κ1) is 18.6. The molecule has 0 bridgehead atoms. The summed E-state index contributed by atoms with van der Waals surface area (Å²) in [5, 5.41) is 0. The third-order valence-corrected chi connectivity index (χ3v) is 9.85. The average Bonchev–Trinajstić information content (AvgIpc) is 3.00. The van der Waals surface area contributed by atoms with Crippen LogP contribution in [0, 0.1) is 34.5 Å². The Labute approximate surface area is 164 Å². The van der Waals surface area contributed by atoms with E-state index in [4.69, 9.17) is 9.47 Å². The predicted molar refractivity (Wildman–Crippen MR) is 105 cm³/mol. The Bertz CT molecular complexity index is 582. The lowest BCUT2D eigenvalue weighted by Gasteiger charge is -2.60. The number of carbonyl (C=O) groups is 1. The van der Waals surface area contributed by atoms with Crippen LogP contribution >= 0.6 is 0 Å². The molecule has 0 amide bonds. The zero-order valence-electron chi connectivity index (χ0n) is 17.4. The van der Waals surface area contributed by atoms with Gasteiger partial charge in [0.05, 0.1) is 6.10 Å². The van der Waals surface area contributed by atoms with Crippen molar-refractivity contribution in [2.45, 2.75) is 103 Å². The van der Waals surface area contributed by atoms with Gasteiger partial charge in [0.25, 0.3) is 0 Å². The van der Waals surface area contributed by atoms with Gasteiger partial charge in [0.15, 0.2) is 6.29 Å². The first-order chi connectivity index (χ1) is 13.0. The van der Waals surface area contributed by atoms with Crippen molar-refractivity contribution in [2.75, 3.05) is 6.61 Å². The van der Waals surface area contributed by atoms with Crippen LogP contribution in [-0.2, 0) is 14.3 Å². The lowest BCUT2D eigenvalue weighted by Crippen LogP contribution is -2.54. The van der Waals surface area contributed by atoms with Gasteiger partial charge in [0.1, 0.15) is 5.78 Å². The summed E-state index contributed by atoms with van der Waals surface area (Å²) in [5.74, 6) is 3.71. The molecular weight excluding hydrogens is 336 g/mol. The number of hydrogen-bond acceptors (Lipinski definition) is 3. The molecule has 8 atom stereocenters. The van der Waals surface area contributed by atoms with Crippen molar-refractivity contribution in [1.82, 2.24) is 0 Å². The van der Waals surface area contributed by atoms with Crippen molar-refractivity contribution >= 4 is 5.78 Å². The van der Waals surface area contributed by atoms with E-state index in [0.29, 0.717) is 28.6 Å². The van der Waals surface area contributed by atoms with Gasteiger partial charge >= 0.3 is 0 Å². The molecule has 5 rings (SSSR count). The van der Waals surface area contributed by atoms with Gasteiger partial charge in [-0.15, -0.1) is 0 Å².